The van der Waals surface area contributed by atoms with Crippen molar-refractivity contribution in [3.05, 3.63) is 16.4 Å². The Morgan fingerprint density at radius 1 is 1.71 bits per heavy atom. The van der Waals surface area contributed by atoms with Crippen LogP contribution in [0.1, 0.15) is 11.4 Å². The number of amides is 1. The van der Waals surface area contributed by atoms with E-state index in [0.29, 0.717) is 11.4 Å². The number of aryl methyl sites for hydroxylation is 2. The van der Waals surface area contributed by atoms with E-state index in [1.807, 2.05) is 0 Å². The fourth-order valence-electron chi connectivity index (χ4n) is 1.21. The maximum Gasteiger partial charge on any atom is 0.234 e. The van der Waals surface area contributed by atoms with Gasteiger partial charge in [0.25, 0.3) is 0 Å². The molecule has 6 heteroatoms. The Balaban J connectivity index is 2.91. The number of primary amides is 1. The van der Waals surface area contributed by atoms with Crippen molar-refractivity contribution in [2.45, 2.75) is 19.4 Å². The van der Waals surface area contributed by atoms with Crippen molar-refractivity contribution in [3.8, 4) is 0 Å². The van der Waals surface area contributed by atoms with Crippen molar-refractivity contribution in [2.24, 2.45) is 18.5 Å². The minimum Gasteiger partial charge on any atom is -0.368 e. The normalized spacial score (nSPS) is 12.9. The summed E-state index contributed by atoms with van der Waals surface area (Å²) in [6.07, 6.45) is 0.311. The number of carbonyl (C=O) groups excluding carboxylic acids is 1. The highest BCUT2D eigenvalue weighted by molar-refractivity contribution is 6.31. The van der Waals surface area contributed by atoms with E-state index in [1.54, 1.807) is 18.7 Å². The monoisotopic (exact) mass is 216 g/mol. The van der Waals surface area contributed by atoms with Crippen molar-refractivity contribution in [3.63, 3.8) is 0 Å². The maximum absolute atomic E-state index is 10.8. The van der Waals surface area contributed by atoms with Crippen molar-refractivity contribution >= 4 is 17.5 Å². The Hall–Kier alpha value is -1.07. The molecule has 1 aromatic heterocycles. The first kappa shape index (κ1) is 11.0. The lowest BCUT2D eigenvalue weighted by molar-refractivity contribution is -0.119. The number of carbonyl (C=O) groups is 1. The summed E-state index contributed by atoms with van der Waals surface area (Å²) in [7, 11) is 1.75. The second-order valence-corrected chi connectivity index (χ2v) is 3.56. The number of rotatable bonds is 3. The lowest BCUT2D eigenvalue weighted by Gasteiger charge is -2.07. The van der Waals surface area contributed by atoms with Crippen LogP contribution < -0.4 is 11.5 Å². The van der Waals surface area contributed by atoms with Crippen LogP contribution in [0, 0.1) is 6.92 Å². The first-order valence-electron chi connectivity index (χ1n) is 4.16. The molecule has 1 aromatic rings. The molecule has 4 N–H and O–H groups in total. The average molecular weight is 217 g/mol. The van der Waals surface area contributed by atoms with E-state index >= 15 is 0 Å². The Morgan fingerprint density at radius 2 is 2.29 bits per heavy atom. The minimum atomic E-state index is -0.720. The molecule has 5 nitrogen and oxygen atoms in total. The number of aromatic nitrogens is 2. The SMILES string of the molecule is Cc1nn(C)c(CC(N)C(N)=O)c1Cl. The molecular formula is C8H13ClN4O. The van der Waals surface area contributed by atoms with Gasteiger partial charge in [0.1, 0.15) is 0 Å². The second kappa shape index (κ2) is 3.98. The fraction of sp³-hybridized carbons (Fsp3) is 0.500. The van der Waals surface area contributed by atoms with E-state index < -0.39 is 11.9 Å². The average Bonchev–Trinajstić information content (AvgIpc) is 2.32. The van der Waals surface area contributed by atoms with Gasteiger partial charge >= 0.3 is 0 Å². The van der Waals surface area contributed by atoms with Crippen molar-refractivity contribution in [1.82, 2.24) is 9.78 Å². The van der Waals surface area contributed by atoms with Crippen LogP contribution >= 0.6 is 11.6 Å². The van der Waals surface area contributed by atoms with Gasteiger partial charge in [0.2, 0.25) is 5.91 Å². The number of hydrogen-bond donors (Lipinski definition) is 2. The van der Waals surface area contributed by atoms with Crippen LogP contribution in [0.2, 0.25) is 5.02 Å². The predicted octanol–water partition coefficient (Wildman–Crippen LogP) is -0.263. The van der Waals surface area contributed by atoms with Crippen LogP contribution in [-0.4, -0.2) is 21.7 Å². The van der Waals surface area contributed by atoms with E-state index in [0.717, 1.165) is 11.4 Å². The number of hydrogen-bond acceptors (Lipinski definition) is 3. The highest BCUT2D eigenvalue weighted by Gasteiger charge is 2.17. The van der Waals surface area contributed by atoms with Crippen LogP contribution in [-0.2, 0) is 18.3 Å². The van der Waals surface area contributed by atoms with E-state index in [2.05, 4.69) is 5.10 Å². The minimum absolute atomic E-state index is 0.311. The zero-order chi connectivity index (χ0) is 10.9. The first-order valence-corrected chi connectivity index (χ1v) is 4.54. The zero-order valence-electron chi connectivity index (χ0n) is 8.12. The molecular weight excluding hydrogens is 204 g/mol. The third kappa shape index (κ3) is 2.05. The van der Waals surface area contributed by atoms with Crippen molar-refractivity contribution in [2.75, 3.05) is 0 Å². The van der Waals surface area contributed by atoms with Gasteiger partial charge in [-0.2, -0.15) is 5.10 Å². The molecule has 0 aromatic carbocycles. The van der Waals surface area contributed by atoms with Crippen LogP contribution in [0.4, 0.5) is 0 Å². The summed E-state index contributed by atoms with van der Waals surface area (Å²) in [4.78, 5) is 10.8. The number of halogens is 1. The smallest absolute Gasteiger partial charge is 0.234 e. The summed E-state index contributed by atoms with van der Waals surface area (Å²) in [6.45, 7) is 1.79. The highest BCUT2D eigenvalue weighted by Crippen LogP contribution is 2.20. The molecule has 1 unspecified atom stereocenters. The molecule has 14 heavy (non-hydrogen) atoms. The highest BCUT2D eigenvalue weighted by atomic mass is 35.5. The largest absolute Gasteiger partial charge is 0.368 e. The van der Waals surface area contributed by atoms with Gasteiger partial charge in [0, 0.05) is 13.5 Å². The number of nitrogens with zero attached hydrogens (tertiary/aromatic N) is 2. The van der Waals surface area contributed by atoms with Crippen LogP contribution in [0.5, 0.6) is 0 Å². The summed E-state index contributed by atoms with van der Waals surface area (Å²) in [5, 5.41) is 4.65. The Kier molecular flexibility index (Phi) is 3.13. The van der Waals surface area contributed by atoms with Gasteiger partial charge in [0.05, 0.1) is 22.5 Å². The Labute approximate surface area is 87.0 Å². The molecule has 1 rings (SSSR count). The Morgan fingerprint density at radius 3 is 2.64 bits per heavy atom. The zero-order valence-corrected chi connectivity index (χ0v) is 8.88. The topological polar surface area (TPSA) is 86.9 Å². The lowest BCUT2D eigenvalue weighted by Crippen LogP contribution is -2.38. The molecule has 0 spiro atoms. The molecule has 0 fully saturated rings. The van der Waals surface area contributed by atoms with E-state index in [-0.39, 0.29) is 0 Å². The first-order chi connectivity index (χ1) is 6.43. The molecule has 0 aliphatic rings. The van der Waals surface area contributed by atoms with Gasteiger partial charge in [-0.25, -0.2) is 0 Å². The summed E-state index contributed by atoms with van der Waals surface area (Å²) >= 11 is 5.97. The molecule has 1 atom stereocenters. The van der Waals surface area contributed by atoms with Gasteiger partial charge in [-0.3, -0.25) is 9.48 Å². The molecule has 0 radical (unpaired) electrons. The molecule has 0 saturated carbocycles. The summed E-state index contributed by atoms with van der Waals surface area (Å²) in [6, 6.07) is -0.720. The molecule has 1 heterocycles. The van der Waals surface area contributed by atoms with E-state index in [1.165, 1.54) is 0 Å². The standard InChI is InChI=1S/C8H13ClN4O/c1-4-7(9)6(13(2)12-4)3-5(10)8(11)14/h5H,3,10H2,1-2H3,(H2,11,14). The van der Waals surface area contributed by atoms with Crippen LogP contribution in [0.15, 0.2) is 0 Å². The summed E-state index contributed by atoms with van der Waals surface area (Å²) < 4.78 is 1.61. The molecule has 0 aliphatic carbocycles. The molecule has 0 aliphatic heterocycles. The molecule has 78 valence electrons. The quantitative estimate of drug-likeness (QED) is 0.730. The van der Waals surface area contributed by atoms with E-state index in [4.69, 9.17) is 23.1 Å². The second-order valence-electron chi connectivity index (χ2n) is 3.18. The lowest BCUT2D eigenvalue weighted by atomic mass is 10.1. The van der Waals surface area contributed by atoms with Crippen LogP contribution in [0.25, 0.3) is 0 Å². The van der Waals surface area contributed by atoms with Gasteiger partial charge in [0.15, 0.2) is 0 Å². The predicted molar refractivity (Wildman–Crippen MR) is 53.8 cm³/mol. The number of nitrogens with two attached hydrogens (primary N) is 2. The fourth-order valence-corrected chi connectivity index (χ4v) is 1.45. The molecule has 0 bridgehead atoms. The van der Waals surface area contributed by atoms with Crippen molar-refractivity contribution in [1.29, 1.82) is 0 Å². The van der Waals surface area contributed by atoms with Gasteiger partial charge < -0.3 is 11.5 Å². The third-order valence-corrected chi connectivity index (χ3v) is 2.53. The van der Waals surface area contributed by atoms with Crippen molar-refractivity contribution < 1.29 is 4.79 Å². The van der Waals surface area contributed by atoms with E-state index in [9.17, 15) is 4.79 Å². The van der Waals surface area contributed by atoms with Gasteiger partial charge in [-0.05, 0) is 6.92 Å². The maximum atomic E-state index is 10.8. The van der Waals surface area contributed by atoms with Gasteiger partial charge in [-0.15, -0.1) is 0 Å². The molecule has 1 amide bonds. The Bertz CT molecular complexity index is 360. The third-order valence-electron chi connectivity index (χ3n) is 2.04. The summed E-state index contributed by atoms with van der Waals surface area (Å²) in [5.74, 6) is -0.542. The van der Waals surface area contributed by atoms with Gasteiger partial charge in [-0.1, -0.05) is 11.6 Å². The summed E-state index contributed by atoms with van der Waals surface area (Å²) in [5.41, 5.74) is 12.0. The van der Waals surface area contributed by atoms with Crippen LogP contribution in [0.3, 0.4) is 0 Å². The molecule has 0 saturated heterocycles.